The highest BCUT2D eigenvalue weighted by molar-refractivity contribution is 5.98. The van der Waals surface area contributed by atoms with E-state index in [0.717, 1.165) is 0 Å². The van der Waals surface area contributed by atoms with Crippen molar-refractivity contribution in [1.29, 1.82) is 0 Å². The quantitative estimate of drug-likeness (QED) is 0.354. The third kappa shape index (κ3) is 4.30. The summed E-state index contributed by atoms with van der Waals surface area (Å²) in [5, 5.41) is 33.1. The van der Waals surface area contributed by atoms with E-state index in [1.165, 1.54) is 44.4 Å². The predicted molar refractivity (Wildman–Crippen MR) is 122 cm³/mol. The third-order valence-electron chi connectivity index (χ3n) is 6.22. The van der Waals surface area contributed by atoms with Crippen LogP contribution in [0.15, 0.2) is 36.5 Å². The summed E-state index contributed by atoms with van der Waals surface area (Å²) in [7, 11) is 1.19. The normalized spacial score (nSPS) is 15.5. The van der Waals surface area contributed by atoms with Crippen molar-refractivity contribution in [3.8, 4) is 17.2 Å². The number of hydrogen-bond acceptors (Lipinski definition) is 8. The molecule has 1 aliphatic heterocycles. The summed E-state index contributed by atoms with van der Waals surface area (Å²) in [6.45, 7) is 2.96. The van der Waals surface area contributed by atoms with Crippen LogP contribution in [0.25, 0.3) is 0 Å². The molecule has 1 aromatic heterocycles. The lowest BCUT2D eigenvalue weighted by Gasteiger charge is -2.24. The molecule has 182 valence electrons. The summed E-state index contributed by atoms with van der Waals surface area (Å²) in [5.74, 6) is -3.91. The van der Waals surface area contributed by atoms with E-state index < -0.39 is 41.1 Å². The molecule has 2 heterocycles. The Balaban J connectivity index is 1.99. The molecule has 0 aliphatic carbocycles. The van der Waals surface area contributed by atoms with Crippen LogP contribution in [-0.4, -0.2) is 39.2 Å². The third-order valence-corrected chi connectivity index (χ3v) is 6.22. The molecule has 0 fully saturated rings. The average Bonchev–Trinajstić information content (AvgIpc) is 3.25. The number of carbonyl (C=O) groups excluding carboxylic acids is 2. The van der Waals surface area contributed by atoms with Crippen LogP contribution in [0.5, 0.6) is 17.2 Å². The highest BCUT2D eigenvalue weighted by Crippen LogP contribution is 2.50. The van der Waals surface area contributed by atoms with E-state index in [1.807, 2.05) is 0 Å². The Morgan fingerprint density at radius 2 is 1.94 bits per heavy atom. The number of pyridine rings is 1. The minimum Gasteiger partial charge on any atom is -0.507 e. The zero-order valence-corrected chi connectivity index (χ0v) is 19.3. The van der Waals surface area contributed by atoms with Crippen LogP contribution in [0, 0.1) is 12.7 Å². The molecule has 0 spiro atoms. The summed E-state index contributed by atoms with van der Waals surface area (Å²) in [6.07, 6.45) is 0.232. The highest BCUT2D eigenvalue weighted by atomic mass is 19.1. The maximum Gasteiger partial charge on any atom is 0.306 e. The Hall–Kier alpha value is -3.98. The van der Waals surface area contributed by atoms with Crippen molar-refractivity contribution in [3.05, 3.63) is 81.4 Å². The van der Waals surface area contributed by atoms with Gasteiger partial charge in [0, 0.05) is 34.4 Å². The van der Waals surface area contributed by atoms with Gasteiger partial charge in [-0.25, -0.2) is 4.39 Å². The molecule has 9 heteroatoms. The number of hydrogen-bond donors (Lipinski definition) is 3. The molecule has 3 N–H and O–H groups in total. The number of rotatable bonds is 6. The van der Waals surface area contributed by atoms with Gasteiger partial charge < -0.3 is 24.8 Å². The molecule has 1 aliphatic rings. The van der Waals surface area contributed by atoms with Gasteiger partial charge >= 0.3 is 5.97 Å². The van der Waals surface area contributed by atoms with Crippen LogP contribution in [0.4, 0.5) is 4.39 Å². The Kier molecular flexibility index (Phi) is 6.45. The fourth-order valence-corrected chi connectivity index (χ4v) is 4.42. The molecule has 0 bridgehead atoms. The minimum absolute atomic E-state index is 0.0986. The lowest BCUT2D eigenvalue weighted by atomic mass is 9.83. The molecule has 0 unspecified atom stereocenters. The van der Waals surface area contributed by atoms with Gasteiger partial charge in [-0.05, 0) is 37.6 Å². The number of aryl methyl sites for hydroxylation is 1. The SMILES string of the molecule is COC(=O)C[C@@H](c1cccc(F)c1)c1c(O)c(C(C)=O)cc([C@@H]2OCc3cnc(C)c(O)c32)c1O. The van der Waals surface area contributed by atoms with Crippen LogP contribution < -0.4 is 0 Å². The number of aromatic nitrogens is 1. The minimum atomic E-state index is -1.05. The molecule has 2 atom stereocenters. The summed E-state index contributed by atoms with van der Waals surface area (Å²) in [4.78, 5) is 28.9. The summed E-state index contributed by atoms with van der Waals surface area (Å²) < 4.78 is 24.7. The van der Waals surface area contributed by atoms with Crippen LogP contribution >= 0.6 is 0 Å². The fourth-order valence-electron chi connectivity index (χ4n) is 4.42. The number of carbonyl (C=O) groups is 2. The van der Waals surface area contributed by atoms with Crippen molar-refractivity contribution in [1.82, 2.24) is 4.98 Å². The van der Waals surface area contributed by atoms with Crippen molar-refractivity contribution in [2.45, 2.75) is 38.9 Å². The Morgan fingerprint density at radius 3 is 2.60 bits per heavy atom. The monoisotopic (exact) mass is 481 g/mol. The van der Waals surface area contributed by atoms with Gasteiger partial charge in [-0.3, -0.25) is 14.6 Å². The van der Waals surface area contributed by atoms with Gasteiger partial charge in [0.15, 0.2) is 5.78 Å². The summed E-state index contributed by atoms with van der Waals surface area (Å²) in [6, 6.07) is 6.67. The number of phenols is 2. The number of Topliss-reactive ketones (excluding diaryl/α,β-unsaturated/α-hetero) is 1. The first-order chi connectivity index (χ1) is 16.6. The molecular formula is C26H24FNO7. The highest BCUT2D eigenvalue weighted by Gasteiger charge is 2.36. The van der Waals surface area contributed by atoms with Crippen LogP contribution in [-0.2, 0) is 20.9 Å². The smallest absolute Gasteiger partial charge is 0.306 e. The number of fused-ring (bicyclic) bond motifs is 1. The van der Waals surface area contributed by atoms with E-state index in [0.29, 0.717) is 16.8 Å². The van der Waals surface area contributed by atoms with Crippen molar-refractivity contribution in [3.63, 3.8) is 0 Å². The number of halogens is 1. The first-order valence-electron chi connectivity index (χ1n) is 10.8. The van der Waals surface area contributed by atoms with Gasteiger partial charge in [0.2, 0.25) is 0 Å². The second-order valence-corrected chi connectivity index (χ2v) is 8.39. The van der Waals surface area contributed by atoms with Crippen molar-refractivity contribution >= 4 is 11.8 Å². The number of ether oxygens (including phenoxy) is 2. The topological polar surface area (TPSA) is 126 Å². The van der Waals surface area contributed by atoms with Gasteiger partial charge in [0.05, 0.1) is 31.4 Å². The number of nitrogens with zero attached hydrogens (tertiary/aromatic N) is 1. The van der Waals surface area contributed by atoms with E-state index >= 15 is 0 Å². The van der Waals surface area contributed by atoms with Crippen LogP contribution in [0.3, 0.4) is 0 Å². The lowest BCUT2D eigenvalue weighted by Crippen LogP contribution is -2.13. The Labute approximate surface area is 200 Å². The molecular weight excluding hydrogens is 457 g/mol. The van der Waals surface area contributed by atoms with E-state index in [2.05, 4.69) is 4.98 Å². The van der Waals surface area contributed by atoms with Gasteiger partial charge in [-0.1, -0.05) is 12.1 Å². The number of methoxy groups -OCH3 is 1. The second kappa shape index (κ2) is 9.34. The molecule has 0 radical (unpaired) electrons. The average molecular weight is 481 g/mol. The molecule has 0 saturated carbocycles. The van der Waals surface area contributed by atoms with Gasteiger partial charge in [0.25, 0.3) is 0 Å². The zero-order valence-electron chi connectivity index (χ0n) is 19.3. The number of ketones is 1. The maximum atomic E-state index is 14.1. The Morgan fingerprint density at radius 1 is 1.20 bits per heavy atom. The Bertz CT molecular complexity index is 1340. The van der Waals surface area contributed by atoms with E-state index in [-0.39, 0.29) is 41.0 Å². The van der Waals surface area contributed by atoms with Crippen LogP contribution in [0.1, 0.15) is 69.2 Å². The number of benzene rings is 2. The molecule has 0 amide bonds. The van der Waals surface area contributed by atoms with Crippen molar-refractivity contribution in [2.24, 2.45) is 0 Å². The lowest BCUT2D eigenvalue weighted by molar-refractivity contribution is -0.140. The van der Waals surface area contributed by atoms with Crippen LogP contribution in [0.2, 0.25) is 0 Å². The molecule has 8 nitrogen and oxygen atoms in total. The predicted octanol–water partition coefficient (Wildman–Crippen LogP) is 4.16. The number of esters is 1. The van der Waals surface area contributed by atoms with E-state index in [4.69, 9.17) is 9.47 Å². The van der Waals surface area contributed by atoms with E-state index in [1.54, 1.807) is 13.1 Å². The van der Waals surface area contributed by atoms with E-state index in [9.17, 15) is 29.3 Å². The van der Waals surface area contributed by atoms with Crippen molar-refractivity contribution in [2.75, 3.05) is 7.11 Å². The standard InChI is InChI=1S/C26H24FNO7/c1-12-23(31)21-15(10-28-12)11-35-26(21)19-8-17(13(2)29)24(32)22(25(19)33)18(9-20(30)34-3)14-5-4-6-16(27)7-14/h4-8,10,18,26,31-33H,9,11H2,1-3H3/t18-,26-/m0/s1. The molecule has 2 aromatic carbocycles. The second-order valence-electron chi connectivity index (χ2n) is 8.39. The molecule has 0 saturated heterocycles. The van der Waals surface area contributed by atoms with Gasteiger partial charge in [0.1, 0.15) is 29.2 Å². The fraction of sp³-hybridized carbons (Fsp3) is 0.269. The molecule has 3 aromatic rings. The largest absolute Gasteiger partial charge is 0.507 e. The molecule has 4 rings (SSSR count). The molecule has 35 heavy (non-hydrogen) atoms. The summed E-state index contributed by atoms with van der Waals surface area (Å²) in [5.41, 5.74) is 1.46. The summed E-state index contributed by atoms with van der Waals surface area (Å²) >= 11 is 0. The first-order valence-corrected chi connectivity index (χ1v) is 10.8. The van der Waals surface area contributed by atoms with Crippen molar-refractivity contribution < 1.29 is 38.8 Å². The number of phenolic OH excluding ortho intramolecular Hbond substituents is 2. The van der Waals surface area contributed by atoms with Gasteiger partial charge in [-0.2, -0.15) is 0 Å². The maximum absolute atomic E-state index is 14.1. The number of aromatic hydroxyl groups is 3. The zero-order chi connectivity index (χ0) is 25.4. The first kappa shape index (κ1) is 24.2. The van der Waals surface area contributed by atoms with Gasteiger partial charge in [-0.15, -0.1) is 0 Å².